The molecule has 2 aromatic heterocycles. The van der Waals surface area contributed by atoms with E-state index in [0.717, 1.165) is 6.42 Å². The van der Waals surface area contributed by atoms with Gasteiger partial charge in [0.2, 0.25) is 0 Å². The predicted octanol–water partition coefficient (Wildman–Crippen LogP) is 2.37. The van der Waals surface area contributed by atoms with Crippen molar-refractivity contribution in [3.8, 4) is 5.75 Å². The monoisotopic (exact) mass is 412 g/mol. The maximum absolute atomic E-state index is 13.3. The molecule has 0 spiro atoms. The summed E-state index contributed by atoms with van der Waals surface area (Å²) in [6.07, 6.45) is 3.00. The topological polar surface area (TPSA) is 124 Å². The van der Waals surface area contributed by atoms with E-state index in [1.54, 1.807) is 36.4 Å². The lowest BCUT2D eigenvalue weighted by atomic mass is 10.1. The number of anilines is 2. The molecule has 2 heterocycles. The molecule has 0 aliphatic rings. The van der Waals surface area contributed by atoms with Gasteiger partial charge in [-0.15, -0.1) is 0 Å². The molecule has 9 nitrogen and oxygen atoms in total. The molecule has 0 fully saturated rings. The summed E-state index contributed by atoms with van der Waals surface area (Å²) in [5.41, 5.74) is 5.10. The number of nitrogens with two attached hydrogens (primary N) is 1. The van der Waals surface area contributed by atoms with E-state index in [-0.39, 0.29) is 18.1 Å². The van der Waals surface area contributed by atoms with Crippen molar-refractivity contribution in [1.82, 2.24) is 9.55 Å². The standard InChI is InChI=1S/C21H24N4O5/c1-3-4-11-24-18(22)17(19(26)23-21(24)28)25(13-16-6-5-12-30-16)20(27)14-7-9-15(29-2)10-8-14/h5-10,12H,3-4,11,13,22H2,1-2H3,(H,23,26,28). The van der Waals surface area contributed by atoms with Crippen LogP contribution in [0.1, 0.15) is 35.9 Å². The summed E-state index contributed by atoms with van der Waals surface area (Å²) in [4.78, 5) is 41.8. The van der Waals surface area contributed by atoms with Crippen molar-refractivity contribution in [2.75, 3.05) is 17.7 Å². The number of nitrogens with one attached hydrogen (secondary N) is 1. The number of aromatic amines is 1. The molecule has 3 rings (SSSR count). The Morgan fingerprint density at radius 3 is 2.57 bits per heavy atom. The van der Waals surface area contributed by atoms with E-state index in [9.17, 15) is 14.4 Å². The van der Waals surface area contributed by atoms with Gasteiger partial charge < -0.3 is 14.9 Å². The maximum atomic E-state index is 13.3. The molecule has 3 aromatic rings. The molecule has 0 saturated heterocycles. The second-order valence-electron chi connectivity index (χ2n) is 6.70. The molecule has 0 saturated carbocycles. The second kappa shape index (κ2) is 9.17. The van der Waals surface area contributed by atoms with Gasteiger partial charge in [-0.05, 0) is 42.8 Å². The van der Waals surface area contributed by atoms with Gasteiger partial charge in [0.15, 0.2) is 5.69 Å². The summed E-state index contributed by atoms with van der Waals surface area (Å²) in [7, 11) is 1.53. The zero-order valence-electron chi connectivity index (χ0n) is 16.9. The average Bonchev–Trinajstić information content (AvgIpc) is 3.25. The number of aromatic nitrogens is 2. The second-order valence-corrected chi connectivity index (χ2v) is 6.70. The van der Waals surface area contributed by atoms with Gasteiger partial charge in [-0.2, -0.15) is 0 Å². The maximum Gasteiger partial charge on any atom is 0.330 e. The van der Waals surface area contributed by atoms with Gasteiger partial charge in [0.25, 0.3) is 11.5 Å². The predicted molar refractivity (Wildman–Crippen MR) is 113 cm³/mol. The molecule has 3 N–H and O–H groups in total. The summed E-state index contributed by atoms with van der Waals surface area (Å²) < 4.78 is 11.8. The van der Waals surface area contributed by atoms with Crippen LogP contribution in [0.2, 0.25) is 0 Å². The van der Waals surface area contributed by atoms with E-state index < -0.39 is 17.2 Å². The van der Waals surface area contributed by atoms with Crippen molar-refractivity contribution in [1.29, 1.82) is 0 Å². The number of furan rings is 1. The summed E-state index contributed by atoms with van der Waals surface area (Å²) >= 11 is 0. The van der Waals surface area contributed by atoms with Crippen LogP contribution in [0.5, 0.6) is 5.75 Å². The number of unbranched alkanes of at least 4 members (excludes halogenated alkanes) is 1. The lowest BCUT2D eigenvalue weighted by Crippen LogP contribution is -2.41. The number of hydrogen-bond acceptors (Lipinski definition) is 6. The van der Waals surface area contributed by atoms with Gasteiger partial charge in [0.1, 0.15) is 17.3 Å². The van der Waals surface area contributed by atoms with Crippen molar-refractivity contribution in [3.63, 3.8) is 0 Å². The third kappa shape index (κ3) is 4.29. The Kier molecular flexibility index (Phi) is 6.41. The minimum Gasteiger partial charge on any atom is -0.497 e. The molecule has 0 atom stereocenters. The lowest BCUT2D eigenvalue weighted by Gasteiger charge is -2.24. The summed E-state index contributed by atoms with van der Waals surface area (Å²) in [5.74, 6) is 0.522. The van der Waals surface area contributed by atoms with Crippen molar-refractivity contribution in [2.45, 2.75) is 32.9 Å². The van der Waals surface area contributed by atoms with Crippen LogP contribution in [-0.2, 0) is 13.1 Å². The molecular formula is C21H24N4O5. The zero-order chi connectivity index (χ0) is 21.7. The van der Waals surface area contributed by atoms with Crippen LogP contribution in [0.15, 0.2) is 56.7 Å². The van der Waals surface area contributed by atoms with Crippen LogP contribution in [0.3, 0.4) is 0 Å². The first-order valence-corrected chi connectivity index (χ1v) is 9.57. The van der Waals surface area contributed by atoms with Crippen molar-refractivity contribution >= 4 is 17.4 Å². The van der Waals surface area contributed by atoms with Crippen LogP contribution >= 0.6 is 0 Å². The molecule has 0 radical (unpaired) electrons. The van der Waals surface area contributed by atoms with Crippen LogP contribution < -0.4 is 26.6 Å². The smallest absolute Gasteiger partial charge is 0.330 e. The Bertz CT molecular complexity index is 1110. The third-order valence-electron chi connectivity index (χ3n) is 4.70. The number of rotatable bonds is 8. The van der Waals surface area contributed by atoms with Crippen LogP contribution in [0.4, 0.5) is 11.5 Å². The molecule has 1 aromatic carbocycles. The van der Waals surface area contributed by atoms with E-state index in [1.165, 1.54) is 22.8 Å². The minimum absolute atomic E-state index is 0.0306. The normalized spacial score (nSPS) is 10.7. The van der Waals surface area contributed by atoms with Gasteiger partial charge >= 0.3 is 5.69 Å². The molecule has 0 bridgehead atoms. The van der Waals surface area contributed by atoms with Crippen molar-refractivity contribution in [3.05, 3.63) is 74.8 Å². The molecule has 158 valence electrons. The van der Waals surface area contributed by atoms with Crippen molar-refractivity contribution < 1.29 is 13.9 Å². The van der Waals surface area contributed by atoms with E-state index in [2.05, 4.69) is 4.98 Å². The number of carbonyl (C=O) groups excluding carboxylic acids is 1. The fourth-order valence-electron chi connectivity index (χ4n) is 3.08. The first-order valence-electron chi connectivity index (χ1n) is 9.57. The number of ether oxygens (including phenoxy) is 1. The Morgan fingerprint density at radius 1 is 1.23 bits per heavy atom. The summed E-state index contributed by atoms with van der Waals surface area (Å²) in [6.45, 7) is 2.28. The van der Waals surface area contributed by atoms with Crippen LogP contribution in [0.25, 0.3) is 0 Å². The van der Waals surface area contributed by atoms with Crippen molar-refractivity contribution in [2.24, 2.45) is 0 Å². The number of amides is 1. The number of hydrogen-bond donors (Lipinski definition) is 2. The fourth-order valence-corrected chi connectivity index (χ4v) is 3.08. The van der Waals surface area contributed by atoms with Crippen LogP contribution in [-0.4, -0.2) is 22.6 Å². The highest BCUT2D eigenvalue weighted by molar-refractivity contribution is 6.07. The van der Waals surface area contributed by atoms with Gasteiger partial charge in [-0.3, -0.25) is 24.0 Å². The van der Waals surface area contributed by atoms with E-state index in [4.69, 9.17) is 14.9 Å². The van der Waals surface area contributed by atoms with Gasteiger partial charge in [0.05, 0.1) is 19.9 Å². The third-order valence-corrected chi connectivity index (χ3v) is 4.70. The molecule has 30 heavy (non-hydrogen) atoms. The Hall–Kier alpha value is -3.75. The molecule has 0 aliphatic carbocycles. The molecule has 1 amide bonds. The SMILES string of the molecule is CCCCn1c(N)c(N(Cc2ccco2)C(=O)c2ccc(OC)cc2)c(=O)[nH]c1=O. The highest BCUT2D eigenvalue weighted by atomic mass is 16.5. The number of methoxy groups -OCH3 is 1. The number of carbonyl (C=O) groups is 1. The van der Waals surface area contributed by atoms with E-state index in [1.807, 2.05) is 6.92 Å². The summed E-state index contributed by atoms with van der Waals surface area (Å²) in [5, 5.41) is 0. The zero-order valence-corrected chi connectivity index (χ0v) is 16.9. The lowest BCUT2D eigenvalue weighted by molar-refractivity contribution is 0.0983. The molecule has 9 heteroatoms. The number of nitrogens with zero attached hydrogens (tertiary/aromatic N) is 2. The van der Waals surface area contributed by atoms with E-state index in [0.29, 0.717) is 30.0 Å². The highest BCUT2D eigenvalue weighted by Crippen LogP contribution is 2.23. The fraction of sp³-hybridized carbons (Fsp3) is 0.286. The minimum atomic E-state index is -0.737. The Labute approximate surface area is 172 Å². The first kappa shape index (κ1) is 21.0. The van der Waals surface area contributed by atoms with Crippen LogP contribution in [0, 0.1) is 0 Å². The molecular weight excluding hydrogens is 388 g/mol. The largest absolute Gasteiger partial charge is 0.497 e. The molecule has 0 unspecified atom stereocenters. The van der Waals surface area contributed by atoms with E-state index >= 15 is 0 Å². The first-order chi connectivity index (χ1) is 14.5. The Balaban J connectivity index is 2.11. The van der Waals surface area contributed by atoms with Gasteiger partial charge in [-0.1, -0.05) is 13.3 Å². The highest BCUT2D eigenvalue weighted by Gasteiger charge is 2.26. The van der Waals surface area contributed by atoms with Gasteiger partial charge in [-0.25, -0.2) is 4.79 Å². The molecule has 0 aliphatic heterocycles. The number of benzene rings is 1. The Morgan fingerprint density at radius 2 is 1.97 bits per heavy atom. The average molecular weight is 412 g/mol. The van der Waals surface area contributed by atoms with Gasteiger partial charge in [0, 0.05) is 12.1 Å². The number of H-pyrrole nitrogens is 1. The summed E-state index contributed by atoms with van der Waals surface area (Å²) in [6, 6.07) is 9.84. The number of nitrogen functional groups attached to an aromatic ring is 1. The quantitative estimate of drug-likeness (QED) is 0.585.